The molecular formula is C23H27N5O3S. The quantitative estimate of drug-likeness (QED) is 0.530. The average molecular weight is 454 g/mol. The maximum atomic E-state index is 12.6. The van der Waals surface area contributed by atoms with E-state index in [-0.39, 0.29) is 17.6 Å². The van der Waals surface area contributed by atoms with Crippen LogP contribution in [0.5, 0.6) is 0 Å². The largest absolute Gasteiger partial charge is 0.461 e. The molecule has 1 N–H and O–H groups in total. The maximum Gasteiger partial charge on any atom is 0.253 e. The highest BCUT2D eigenvalue weighted by Gasteiger charge is 2.25. The van der Waals surface area contributed by atoms with Crippen molar-refractivity contribution in [3.63, 3.8) is 0 Å². The minimum Gasteiger partial charge on any atom is -0.461 e. The first-order valence-corrected chi connectivity index (χ1v) is 11.7. The number of amides is 2. The van der Waals surface area contributed by atoms with Crippen LogP contribution in [0.3, 0.4) is 0 Å². The van der Waals surface area contributed by atoms with Gasteiger partial charge in [-0.3, -0.25) is 14.2 Å². The average Bonchev–Trinajstić information content (AvgIpc) is 3.48. The van der Waals surface area contributed by atoms with Crippen LogP contribution in [0, 0.1) is 0 Å². The highest BCUT2D eigenvalue weighted by atomic mass is 32.2. The number of aromatic nitrogens is 3. The third-order valence-corrected chi connectivity index (χ3v) is 6.44. The van der Waals surface area contributed by atoms with Crippen molar-refractivity contribution in [3.8, 4) is 11.6 Å². The molecule has 168 valence electrons. The minimum absolute atomic E-state index is 0.0761. The van der Waals surface area contributed by atoms with Crippen LogP contribution in [0.15, 0.2) is 52.2 Å². The molecule has 3 aromatic rings. The van der Waals surface area contributed by atoms with E-state index in [9.17, 15) is 9.59 Å². The number of rotatable bonds is 7. The molecule has 0 spiro atoms. The molecule has 0 atom stereocenters. The zero-order valence-electron chi connectivity index (χ0n) is 18.3. The van der Waals surface area contributed by atoms with Crippen molar-refractivity contribution in [2.45, 2.75) is 43.3 Å². The Balaban J connectivity index is 1.43. The molecule has 2 amide bonds. The smallest absolute Gasteiger partial charge is 0.253 e. The highest BCUT2D eigenvalue weighted by molar-refractivity contribution is 7.99. The van der Waals surface area contributed by atoms with Crippen molar-refractivity contribution in [2.24, 2.45) is 0 Å². The Morgan fingerprint density at radius 2 is 1.88 bits per heavy atom. The summed E-state index contributed by atoms with van der Waals surface area (Å²) < 4.78 is 7.71. The van der Waals surface area contributed by atoms with Gasteiger partial charge in [0.05, 0.1) is 12.0 Å². The first-order chi connectivity index (χ1) is 15.5. The number of hydrogen-bond acceptors (Lipinski definition) is 6. The van der Waals surface area contributed by atoms with Crippen LogP contribution >= 0.6 is 11.8 Å². The second-order valence-electron chi connectivity index (χ2n) is 8.06. The van der Waals surface area contributed by atoms with Crippen molar-refractivity contribution in [3.05, 3.63) is 48.2 Å². The van der Waals surface area contributed by atoms with Crippen LogP contribution < -0.4 is 5.32 Å². The Bertz CT molecular complexity index is 1050. The molecule has 1 aliphatic carbocycles. The molecule has 8 nitrogen and oxygen atoms in total. The summed E-state index contributed by atoms with van der Waals surface area (Å²) in [6, 6.07) is 10.9. The van der Waals surface area contributed by atoms with Crippen molar-refractivity contribution in [1.82, 2.24) is 19.7 Å². The molecule has 0 saturated heterocycles. The molecule has 1 aromatic carbocycles. The Morgan fingerprint density at radius 1 is 1.12 bits per heavy atom. The molecule has 32 heavy (non-hydrogen) atoms. The van der Waals surface area contributed by atoms with Gasteiger partial charge < -0.3 is 14.6 Å². The van der Waals surface area contributed by atoms with Crippen LogP contribution in [0.2, 0.25) is 0 Å². The summed E-state index contributed by atoms with van der Waals surface area (Å²) >= 11 is 1.37. The summed E-state index contributed by atoms with van der Waals surface area (Å²) in [7, 11) is 3.41. The summed E-state index contributed by atoms with van der Waals surface area (Å²) in [6.45, 7) is 0. The van der Waals surface area contributed by atoms with Gasteiger partial charge in [0.2, 0.25) is 11.7 Å². The number of benzene rings is 1. The number of carbonyl (C=O) groups is 2. The first kappa shape index (κ1) is 22.1. The molecular weight excluding hydrogens is 426 g/mol. The van der Waals surface area contributed by atoms with Crippen molar-refractivity contribution >= 4 is 29.3 Å². The fourth-order valence-electron chi connectivity index (χ4n) is 3.90. The molecule has 9 heteroatoms. The third-order valence-electron chi connectivity index (χ3n) is 5.50. The van der Waals surface area contributed by atoms with Crippen molar-refractivity contribution in [2.75, 3.05) is 25.2 Å². The van der Waals surface area contributed by atoms with E-state index in [1.54, 1.807) is 44.6 Å². The number of hydrogen-bond donors (Lipinski definition) is 1. The zero-order valence-corrected chi connectivity index (χ0v) is 19.1. The van der Waals surface area contributed by atoms with Gasteiger partial charge in [-0.05, 0) is 49.2 Å². The molecule has 2 heterocycles. The van der Waals surface area contributed by atoms with Gasteiger partial charge in [-0.1, -0.05) is 31.0 Å². The second kappa shape index (κ2) is 10.0. The van der Waals surface area contributed by atoms with Crippen LogP contribution in [0.1, 0.15) is 48.5 Å². The standard InChI is InChI=1S/C23H27N5O3S/c1-27(2)22(30)16-10-12-17(13-11-16)24-20(29)15-32-23-26-25-21(19-9-6-14-31-19)28(23)18-7-4-3-5-8-18/h6,9-14,18H,3-5,7-8,15H2,1-2H3,(H,24,29). The van der Waals surface area contributed by atoms with Gasteiger partial charge in [0.25, 0.3) is 5.91 Å². The Hall–Kier alpha value is -3.07. The zero-order chi connectivity index (χ0) is 22.5. The number of furan rings is 1. The van der Waals surface area contributed by atoms with E-state index in [2.05, 4.69) is 20.1 Å². The fraction of sp³-hybridized carbons (Fsp3) is 0.391. The number of carbonyl (C=O) groups excluding carboxylic acids is 2. The number of thioether (sulfide) groups is 1. The van der Waals surface area contributed by atoms with Gasteiger partial charge >= 0.3 is 0 Å². The molecule has 0 radical (unpaired) electrons. The topological polar surface area (TPSA) is 93.3 Å². The number of anilines is 1. The van der Waals surface area contributed by atoms with Gasteiger partial charge in [0.1, 0.15) is 0 Å². The molecule has 1 aliphatic rings. The second-order valence-corrected chi connectivity index (χ2v) is 9.00. The molecule has 4 rings (SSSR count). The summed E-state index contributed by atoms with van der Waals surface area (Å²) in [5, 5.41) is 12.3. The predicted octanol–water partition coefficient (Wildman–Crippen LogP) is 4.48. The molecule has 0 unspecified atom stereocenters. The van der Waals surface area contributed by atoms with Crippen LogP contribution in [0.25, 0.3) is 11.6 Å². The molecule has 1 fully saturated rings. The molecule has 0 aliphatic heterocycles. The van der Waals surface area contributed by atoms with Crippen LogP contribution in [0.4, 0.5) is 5.69 Å². The van der Waals surface area contributed by atoms with Gasteiger partial charge in [-0.25, -0.2) is 0 Å². The molecule has 2 aromatic heterocycles. The van der Waals surface area contributed by atoms with Crippen molar-refractivity contribution < 1.29 is 14.0 Å². The van der Waals surface area contributed by atoms with E-state index in [0.29, 0.717) is 28.9 Å². The Labute approximate surface area is 191 Å². The SMILES string of the molecule is CN(C)C(=O)c1ccc(NC(=O)CSc2nnc(-c3ccco3)n2C2CCCCC2)cc1. The lowest BCUT2D eigenvalue weighted by Crippen LogP contribution is -2.21. The number of nitrogens with zero attached hydrogens (tertiary/aromatic N) is 4. The predicted molar refractivity (Wildman–Crippen MR) is 124 cm³/mol. The van der Waals surface area contributed by atoms with E-state index < -0.39 is 0 Å². The van der Waals surface area contributed by atoms with E-state index in [1.807, 2.05) is 12.1 Å². The van der Waals surface area contributed by atoms with Crippen LogP contribution in [-0.2, 0) is 4.79 Å². The van der Waals surface area contributed by atoms with Crippen molar-refractivity contribution in [1.29, 1.82) is 0 Å². The van der Waals surface area contributed by atoms with Gasteiger partial charge in [0, 0.05) is 31.4 Å². The lowest BCUT2D eigenvalue weighted by Gasteiger charge is -2.25. The summed E-state index contributed by atoms with van der Waals surface area (Å²) in [4.78, 5) is 26.1. The minimum atomic E-state index is -0.139. The summed E-state index contributed by atoms with van der Waals surface area (Å²) in [5.74, 6) is 1.39. The highest BCUT2D eigenvalue weighted by Crippen LogP contribution is 2.35. The third kappa shape index (κ3) is 5.04. The first-order valence-electron chi connectivity index (χ1n) is 10.8. The van der Waals surface area contributed by atoms with E-state index in [4.69, 9.17) is 4.42 Å². The van der Waals surface area contributed by atoms with E-state index >= 15 is 0 Å². The number of nitrogens with one attached hydrogen (secondary N) is 1. The summed E-state index contributed by atoms with van der Waals surface area (Å²) in [5.41, 5.74) is 1.23. The van der Waals surface area contributed by atoms with E-state index in [0.717, 1.165) is 18.0 Å². The fourth-order valence-corrected chi connectivity index (χ4v) is 4.70. The van der Waals surface area contributed by atoms with Gasteiger partial charge in [0.15, 0.2) is 10.9 Å². The van der Waals surface area contributed by atoms with Gasteiger partial charge in [-0.2, -0.15) is 0 Å². The Morgan fingerprint density at radius 3 is 2.53 bits per heavy atom. The molecule has 1 saturated carbocycles. The monoisotopic (exact) mass is 453 g/mol. The summed E-state index contributed by atoms with van der Waals surface area (Å²) in [6.07, 6.45) is 7.38. The lowest BCUT2D eigenvalue weighted by atomic mass is 9.95. The molecule has 0 bridgehead atoms. The maximum absolute atomic E-state index is 12.6. The Kier molecular flexibility index (Phi) is 6.94. The van der Waals surface area contributed by atoms with Gasteiger partial charge in [-0.15, -0.1) is 10.2 Å². The lowest BCUT2D eigenvalue weighted by molar-refractivity contribution is -0.113. The van der Waals surface area contributed by atoms with E-state index in [1.165, 1.54) is 35.9 Å². The normalized spacial score (nSPS) is 14.3. The van der Waals surface area contributed by atoms with Crippen LogP contribution in [-0.4, -0.2) is 51.3 Å².